The smallest absolute Gasteiger partial charge is 0.236 e. The highest BCUT2D eigenvalue weighted by atomic mass is 32.2. The maximum Gasteiger partial charge on any atom is 0.236 e. The lowest BCUT2D eigenvalue weighted by Crippen LogP contribution is -2.15. The van der Waals surface area contributed by atoms with Crippen molar-refractivity contribution in [1.82, 2.24) is 19.7 Å². The number of hydrogen-bond donors (Lipinski definition) is 1. The molecule has 3 rings (SSSR count). The van der Waals surface area contributed by atoms with Gasteiger partial charge in [-0.3, -0.25) is 4.79 Å². The molecule has 1 aromatic carbocycles. The minimum absolute atomic E-state index is 0.116. The molecule has 9 heteroatoms. The van der Waals surface area contributed by atoms with E-state index in [9.17, 15) is 4.79 Å². The number of thiazole rings is 1. The average Bonchev–Trinajstić information content (AvgIpc) is 3.26. The van der Waals surface area contributed by atoms with E-state index in [1.165, 1.54) is 23.1 Å². The zero-order chi connectivity index (χ0) is 19.2. The molecule has 0 aliphatic rings. The molecule has 0 aliphatic carbocycles. The molecule has 7 nitrogen and oxygen atoms in total. The number of aryl methyl sites for hydroxylation is 1. The number of hydrogen-bond acceptors (Lipinski definition) is 7. The van der Waals surface area contributed by atoms with Gasteiger partial charge in [0.1, 0.15) is 5.75 Å². The maximum atomic E-state index is 12.1. The number of thioether (sulfide) groups is 1. The molecule has 0 saturated heterocycles. The topological polar surface area (TPSA) is 81.9 Å². The second kappa shape index (κ2) is 9.01. The van der Waals surface area contributed by atoms with Gasteiger partial charge in [0.2, 0.25) is 5.91 Å². The van der Waals surface area contributed by atoms with Gasteiger partial charge in [-0.1, -0.05) is 30.0 Å². The van der Waals surface area contributed by atoms with Gasteiger partial charge >= 0.3 is 0 Å². The highest BCUT2D eigenvalue weighted by molar-refractivity contribution is 7.99. The minimum atomic E-state index is -0.249. The Labute approximate surface area is 166 Å². The first-order chi connectivity index (χ1) is 13.1. The Balaban J connectivity index is 1.62. The lowest BCUT2D eigenvalue weighted by atomic mass is 10.3. The molecule has 0 bridgehead atoms. The second-order valence-corrected chi connectivity index (χ2v) is 7.59. The molecule has 0 saturated carbocycles. The van der Waals surface area contributed by atoms with Gasteiger partial charge < -0.3 is 14.6 Å². The van der Waals surface area contributed by atoms with Gasteiger partial charge in [0, 0.05) is 11.9 Å². The molecule has 1 atom stereocenters. The number of aromatic nitrogens is 4. The molecule has 0 radical (unpaired) electrons. The molecule has 1 N–H and O–H groups in total. The summed E-state index contributed by atoms with van der Waals surface area (Å²) in [5, 5.41) is 14.5. The van der Waals surface area contributed by atoms with Gasteiger partial charge in [-0.25, -0.2) is 4.98 Å². The molecule has 0 spiro atoms. The van der Waals surface area contributed by atoms with Crippen molar-refractivity contribution in [2.45, 2.75) is 38.6 Å². The van der Waals surface area contributed by atoms with Crippen molar-refractivity contribution < 1.29 is 9.53 Å². The number of nitrogens with zero attached hydrogens (tertiary/aromatic N) is 4. The Bertz CT molecular complexity index is 894. The number of anilines is 1. The van der Waals surface area contributed by atoms with Crippen molar-refractivity contribution in [2.75, 3.05) is 11.1 Å². The number of carbonyl (C=O) groups is 1. The van der Waals surface area contributed by atoms with Gasteiger partial charge in [0.25, 0.3) is 0 Å². The molecular formula is C18H21N5O2S2. The van der Waals surface area contributed by atoms with Crippen molar-refractivity contribution in [2.24, 2.45) is 0 Å². The normalized spacial score (nSPS) is 12.0. The first-order valence-corrected chi connectivity index (χ1v) is 10.4. The van der Waals surface area contributed by atoms with Gasteiger partial charge in [-0.05, 0) is 32.9 Å². The van der Waals surface area contributed by atoms with Crippen LogP contribution in [0.15, 0.2) is 40.9 Å². The second-order valence-electron chi connectivity index (χ2n) is 5.79. The van der Waals surface area contributed by atoms with Gasteiger partial charge in [0.15, 0.2) is 22.2 Å². The summed E-state index contributed by atoms with van der Waals surface area (Å²) < 4.78 is 7.92. The van der Waals surface area contributed by atoms with Crippen LogP contribution >= 0.6 is 23.1 Å². The van der Waals surface area contributed by atoms with Crippen LogP contribution in [0.25, 0.3) is 0 Å². The summed E-state index contributed by atoms with van der Waals surface area (Å²) in [6.45, 7) is 6.55. The number of ether oxygens (including phenoxy) is 1. The Kier molecular flexibility index (Phi) is 6.46. The SMILES string of the molecule is CCn1c(SCC(=O)Nc2nc(C)cs2)nnc1[C@H](C)Oc1ccccc1. The summed E-state index contributed by atoms with van der Waals surface area (Å²) in [4.78, 5) is 16.4. The molecule has 27 heavy (non-hydrogen) atoms. The van der Waals surface area contributed by atoms with E-state index >= 15 is 0 Å². The third kappa shape index (κ3) is 5.08. The highest BCUT2D eigenvalue weighted by Crippen LogP contribution is 2.24. The summed E-state index contributed by atoms with van der Waals surface area (Å²) in [5.74, 6) is 1.64. The summed E-state index contributed by atoms with van der Waals surface area (Å²) >= 11 is 2.76. The zero-order valence-corrected chi connectivity index (χ0v) is 17.0. The van der Waals surface area contributed by atoms with Crippen molar-refractivity contribution >= 4 is 34.1 Å². The van der Waals surface area contributed by atoms with Crippen LogP contribution in [0, 0.1) is 6.92 Å². The van der Waals surface area contributed by atoms with E-state index in [2.05, 4.69) is 20.5 Å². The van der Waals surface area contributed by atoms with Crippen molar-refractivity contribution in [3.8, 4) is 5.75 Å². The van der Waals surface area contributed by atoms with E-state index in [0.717, 1.165) is 17.3 Å². The number of benzene rings is 1. The number of amides is 1. The number of rotatable bonds is 8. The predicted octanol–water partition coefficient (Wildman–Crippen LogP) is 3.93. The molecule has 1 amide bonds. The fourth-order valence-corrected chi connectivity index (χ4v) is 3.97. The van der Waals surface area contributed by atoms with Crippen LogP contribution in [-0.4, -0.2) is 31.4 Å². The standard InChI is InChI=1S/C18H21N5O2S2/c1-4-23-16(13(3)25-14-8-6-5-7-9-14)21-22-18(23)27-11-15(24)20-17-19-12(2)10-26-17/h5-10,13H,4,11H2,1-3H3,(H,19,20,24)/t13-/m0/s1. The molecule has 0 unspecified atom stereocenters. The molecule has 0 fully saturated rings. The molecule has 2 heterocycles. The van der Waals surface area contributed by atoms with Crippen LogP contribution in [-0.2, 0) is 11.3 Å². The summed E-state index contributed by atoms with van der Waals surface area (Å²) in [6.07, 6.45) is -0.249. The third-order valence-electron chi connectivity index (χ3n) is 3.68. The van der Waals surface area contributed by atoms with Crippen LogP contribution in [0.2, 0.25) is 0 Å². The Hall–Kier alpha value is -2.39. The predicted molar refractivity (Wildman–Crippen MR) is 107 cm³/mol. The van der Waals surface area contributed by atoms with Crippen molar-refractivity contribution in [1.29, 1.82) is 0 Å². The average molecular weight is 404 g/mol. The quantitative estimate of drug-likeness (QED) is 0.574. The van der Waals surface area contributed by atoms with Crippen LogP contribution in [0.5, 0.6) is 5.75 Å². The summed E-state index contributed by atoms with van der Waals surface area (Å²) in [7, 11) is 0. The molecule has 2 aromatic heterocycles. The fourth-order valence-electron chi connectivity index (χ4n) is 2.46. The van der Waals surface area contributed by atoms with Crippen LogP contribution in [0.1, 0.15) is 31.5 Å². The van der Waals surface area contributed by atoms with Gasteiger partial charge in [-0.2, -0.15) is 0 Å². The van der Waals surface area contributed by atoms with Crippen molar-refractivity contribution in [3.63, 3.8) is 0 Å². The lowest BCUT2D eigenvalue weighted by molar-refractivity contribution is -0.113. The van der Waals surface area contributed by atoms with E-state index in [-0.39, 0.29) is 17.8 Å². The Morgan fingerprint density at radius 2 is 2.11 bits per heavy atom. The largest absolute Gasteiger partial charge is 0.483 e. The van der Waals surface area contributed by atoms with Crippen LogP contribution in [0.4, 0.5) is 5.13 Å². The molecule has 142 valence electrons. The summed E-state index contributed by atoms with van der Waals surface area (Å²) in [6, 6.07) is 9.61. The lowest BCUT2D eigenvalue weighted by Gasteiger charge is -2.15. The first kappa shape index (κ1) is 19.4. The molecular weight excluding hydrogens is 382 g/mol. The fraction of sp³-hybridized carbons (Fsp3) is 0.333. The molecule has 3 aromatic rings. The van der Waals surface area contributed by atoms with E-state index in [4.69, 9.17) is 4.74 Å². The summed E-state index contributed by atoms with van der Waals surface area (Å²) in [5.41, 5.74) is 0.894. The molecule has 0 aliphatic heterocycles. The number of nitrogens with one attached hydrogen (secondary N) is 1. The third-order valence-corrected chi connectivity index (χ3v) is 5.52. The zero-order valence-electron chi connectivity index (χ0n) is 15.4. The van der Waals surface area contributed by atoms with Crippen molar-refractivity contribution in [3.05, 3.63) is 47.2 Å². The first-order valence-electron chi connectivity index (χ1n) is 8.56. The van der Waals surface area contributed by atoms with Crippen LogP contribution < -0.4 is 10.1 Å². The number of carbonyl (C=O) groups excluding carboxylic acids is 1. The Morgan fingerprint density at radius 3 is 2.78 bits per heavy atom. The van der Waals surface area contributed by atoms with E-state index in [1.54, 1.807) is 0 Å². The van der Waals surface area contributed by atoms with Crippen LogP contribution in [0.3, 0.4) is 0 Å². The number of para-hydroxylation sites is 1. The monoisotopic (exact) mass is 403 g/mol. The van der Waals surface area contributed by atoms with Gasteiger partial charge in [-0.15, -0.1) is 21.5 Å². The van der Waals surface area contributed by atoms with Gasteiger partial charge in [0.05, 0.1) is 11.4 Å². The van der Waals surface area contributed by atoms with E-state index in [0.29, 0.717) is 16.8 Å². The van der Waals surface area contributed by atoms with E-state index < -0.39 is 0 Å². The minimum Gasteiger partial charge on any atom is -0.483 e. The maximum absolute atomic E-state index is 12.1. The Morgan fingerprint density at radius 1 is 1.33 bits per heavy atom. The van der Waals surface area contributed by atoms with E-state index in [1.807, 2.05) is 61.1 Å². The highest BCUT2D eigenvalue weighted by Gasteiger charge is 2.19.